The fraction of sp³-hybridized carbons (Fsp3) is 0.846. The second kappa shape index (κ2) is 8.12. The SMILES string of the molecule is CCN(CCOC)CC(=O)N1CCC(C(=O)O)CC1. The van der Waals surface area contributed by atoms with Crippen LogP contribution in [0.1, 0.15) is 19.8 Å². The Morgan fingerprint density at radius 1 is 1.37 bits per heavy atom. The molecule has 1 N–H and O–H groups in total. The highest BCUT2D eigenvalue weighted by Crippen LogP contribution is 2.17. The predicted molar refractivity (Wildman–Crippen MR) is 70.9 cm³/mol. The molecule has 0 spiro atoms. The molecule has 0 unspecified atom stereocenters. The van der Waals surface area contributed by atoms with Crippen molar-refractivity contribution >= 4 is 11.9 Å². The van der Waals surface area contributed by atoms with Gasteiger partial charge in [-0.1, -0.05) is 6.92 Å². The van der Waals surface area contributed by atoms with Crippen LogP contribution in [0.4, 0.5) is 0 Å². The topological polar surface area (TPSA) is 70.1 Å². The molecular weight excluding hydrogens is 248 g/mol. The number of rotatable bonds is 7. The van der Waals surface area contributed by atoms with Gasteiger partial charge in [0.2, 0.25) is 5.91 Å². The zero-order chi connectivity index (χ0) is 14.3. The van der Waals surface area contributed by atoms with Gasteiger partial charge in [0, 0.05) is 26.7 Å². The van der Waals surface area contributed by atoms with E-state index in [2.05, 4.69) is 0 Å². The molecular formula is C13H24N2O4. The fourth-order valence-corrected chi connectivity index (χ4v) is 2.24. The monoisotopic (exact) mass is 272 g/mol. The van der Waals surface area contributed by atoms with E-state index in [4.69, 9.17) is 9.84 Å². The standard InChI is InChI=1S/C13H24N2O4/c1-3-14(8-9-19-2)10-12(16)15-6-4-11(5-7-15)13(17)18/h11H,3-10H2,1-2H3,(H,17,18). The largest absolute Gasteiger partial charge is 0.481 e. The zero-order valence-electron chi connectivity index (χ0n) is 11.8. The average molecular weight is 272 g/mol. The van der Waals surface area contributed by atoms with E-state index in [9.17, 15) is 9.59 Å². The van der Waals surface area contributed by atoms with Crippen molar-refractivity contribution in [2.45, 2.75) is 19.8 Å². The van der Waals surface area contributed by atoms with E-state index in [1.165, 1.54) is 0 Å². The first-order chi connectivity index (χ1) is 9.08. The maximum atomic E-state index is 12.1. The molecule has 0 aliphatic carbocycles. The molecule has 1 amide bonds. The van der Waals surface area contributed by atoms with Crippen LogP contribution in [-0.4, -0.2) is 73.2 Å². The molecule has 0 radical (unpaired) electrons. The Kier molecular flexibility index (Phi) is 6.80. The first kappa shape index (κ1) is 15.9. The normalized spacial score (nSPS) is 16.9. The summed E-state index contributed by atoms with van der Waals surface area (Å²) in [5, 5.41) is 8.92. The van der Waals surface area contributed by atoms with Gasteiger partial charge in [-0.05, 0) is 19.4 Å². The quantitative estimate of drug-likeness (QED) is 0.721. The molecule has 1 fully saturated rings. The number of carboxylic acid groups (broad SMARTS) is 1. The lowest BCUT2D eigenvalue weighted by Crippen LogP contribution is -2.45. The maximum absolute atomic E-state index is 12.1. The second-order valence-corrected chi connectivity index (χ2v) is 4.85. The van der Waals surface area contributed by atoms with Gasteiger partial charge in [0.1, 0.15) is 0 Å². The number of ether oxygens (including phenoxy) is 1. The summed E-state index contributed by atoms with van der Waals surface area (Å²) in [6.45, 7) is 5.67. The Bertz CT molecular complexity index is 301. The number of carbonyl (C=O) groups is 2. The Hall–Kier alpha value is -1.14. The van der Waals surface area contributed by atoms with E-state index in [0.29, 0.717) is 39.1 Å². The maximum Gasteiger partial charge on any atom is 0.306 e. The molecule has 110 valence electrons. The fourth-order valence-electron chi connectivity index (χ4n) is 2.24. The lowest BCUT2D eigenvalue weighted by molar-refractivity contribution is -0.146. The van der Waals surface area contributed by atoms with E-state index >= 15 is 0 Å². The van der Waals surface area contributed by atoms with E-state index in [1.54, 1.807) is 12.0 Å². The minimum absolute atomic E-state index is 0.0850. The van der Waals surface area contributed by atoms with Crippen molar-refractivity contribution in [2.24, 2.45) is 5.92 Å². The van der Waals surface area contributed by atoms with Crippen molar-refractivity contribution in [1.29, 1.82) is 0 Å². The summed E-state index contributed by atoms with van der Waals surface area (Å²) in [5.74, 6) is -0.955. The minimum Gasteiger partial charge on any atom is -0.481 e. The van der Waals surface area contributed by atoms with Crippen LogP contribution in [0.3, 0.4) is 0 Å². The molecule has 0 aromatic rings. The lowest BCUT2D eigenvalue weighted by atomic mass is 9.97. The van der Waals surface area contributed by atoms with Gasteiger partial charge in [0.15, 0.2) is 0 Å². The van der Waals surface area contributed by atoms with Crippen LogP contribution in [0.25, 0.3) is 0 Å². The predicted octanol–water partition coefficient (Wildman–Crippen LogP) is 0.278. The van der Waals surface area contributed by atoms with E-state index in [1.807, 2.05) is 11.8 Å². The smallest absolute Gasteiger partial charge is 0.306 e. The molecule has 0 aromatic heterocycles. The number of hydrogen-bond donors (Lipinski definition) is 1. The summed E-state index contributed by atoms with van der Waals surface area (Å²) in [4.78, 5) is 26.8. The molecule has 1 aliphatic rings. The van der Waals surface area contributed by atoms with Gasteiger partial charge < -0.3 is 14.7 Å². The van der Waals surface area contributed by atoms with Crippen LogP contribution in [0.15, 0.2) is 0 Å². The summed E-state index contributed by atoms with van der Waals surface area (Å²) in [7, 11) is 1.65. The van der Waals surface area contributed by atoms with Crippen molar-refractivity contribution < 1.29 is 19.4 Å². The molecule has 0 atom stereocenters. The van der Waals surface area contributed by atoms with Gasteiger partial charge in [0.25, 0.3) is 0 Å². The Morgan fingerprint density at radius 2 is 2.00 bits per heavy atom. The molecule has 0 bridgehead atoms. The van der Waals surface area contributed by atoms with Crippen LogP contribution in [0.2, 0.25) is 0 Å². The van der Waals surface area contributed by atoms with Crippen LogP contribution >= 0.6 is 0 Å². The van der Waals surface area contributed by atoms with Gasteiger partial charge >= 0.3 is 5.97 Å². The Morgan fingerprint density at radius 3 is 2.47 bits per heavy atom. The molecule has 0 saturated carbocycles. The zero-order valence-corrected chi connectivity index (χ0v) is 11.8. The molecule has 1 rings (SSSR count). The third-order valence-corrected chi connectivity index (χ3v) is 3.61. The number of amides is 1. The third kappa shape index (κ3) is 5.16. The highest BCUT2D eigenvalue weighted by molar-refractivity contribution is 5.79. The molecule has 0 aromatic carbocycles. The average Bonchev–Trinajstić information content (AvgIpc) is 2.43. The lowest BCUT2D eigenvalue weighted by Gasteiger charge is -2.32. The van der Waals surface area contributed by atoms with Crippen molar-refractivity contribution in [1.82, 2.24) is 9.80 Å². The number of likely N-dealkylation sites (tertiary alicyclic amines) is 1. The van der Waals surface area contributed by atoms with Crippen LogP contribution in [-0.2, 0) is 14.3 Å². The van der Waals surface area contributed by atoms with Crippen LogP contribution < -0.4 is 0 Å². The number of hydrogen-bond acceptors (Lipinski definition) is 4. The summed E-state index contributed by atoms with van der Waals surface area (Å²) in [5.41, 5.74) is 0. The molecule has 6 nitrogen and oxygen atoms in total. The second-order valence-electron chi connectivity index (χ2n) is 4.85. The highest BCUT2D eigenvalue weighted by atomic mass is 16.5. The summed E-state index contributed by atoms with van der Waals surface area (Å²) in [6, 6.07) is 0. The first-order valence-electron chi connectivity index (χ1n) is 6.80. The van der Waals surface area contributed by atoms with E-state index in [0.717, 1.165) is 13.1 Å². The van der Waals surface area contributed by atoms with Gasteiger partial charge in [-0.2, -0.15) is 0 Å². The van der Waals surface area contributed by atoms with Crippen molar-refractivity contribution in [2.75, 3.05) is 46.4 Å². The first-order valence-corrected chi connectivity index (χ1v) is 6.80. The van der Waals surface area contributed by atoms with Crippen molar-refractivity contribution in [3.8, 4) is 0 Å². The van der Waals surface area contributed by atoms with Gasteiger partial charge in [-0.15, -0.1) is 0 Å². The number of nitrogens with zero attached hydrogens (tertiary/aromatic N) is 2. The van der Waals surface area contributed by atoms with E-state index < -0.39 is 5.97 Å². The van der Waals surface area contributed by atoms with E-state index in [-0.39, 0.29) is 11.8 Å². The third-order valence-electron chi connectivity index (χ3n) is 3.61. The number of aliphatic carboxylic acids is 1. The molecule has 19 heavy (non-hydrogen) atoms. The van der Waals surface area contributed by atoms with Gasteiger partial charge in [-0.3, -0.25) is 14.5 Å². The summed E-state index contributed by atoms with van der Waals surface area (Å²) in [6.07, 6.45) is 1.12. The highest BCUT2D eigenvalue weighted by Gasteiger charge is 2.27. The summed E-state index contributed by atoms with van der Waals surface area (Å²) >= 11 is 0. The molecule has 1 saturated heterocycles. The van der Waals surface area contributed by atoms with Crippen molar-refractivity contribution in [3.63, 3.8) is 0 Å². The minimum atomic E-state index is -0.748. The molecule has 1 heterocycles. The number of carbonyl (C=O) groups excluding carboxylic acids is 1. The van der Waals surface area contributed by atoms with Gasteiger partial charge in [-0.25, -0.2) is 0 Å². The van der Waals surface area contributed by atoms with Crippen molar-refractivity contribution in [3.05, 3.63) is 0 Å². The van der Waals surface area contributed by atoms with Gasteiger partial charge in [0.05, 0.1) is 19.1 Å². The number of likely N-dealkylation sites (N-methyl/N-ethyl adjacent to an activating group) is 1. The number of methoxy groups -OCH3 is 1. The Labute approximate surface area is 114 Å². The van der Waals surface area contributed by atoms with Crippen LogP contribution in [0, 0.1) is 5.92 Å². The summed E-state index contributed by atoms with van der Waals surface area (Å²) < 4.78 is 5.01. The van der Waals surface area contributed by atoms with Crippen LogP contribution in [0.5, 0.6) is 0 Å². The molecule has 6 heteroatoms. The molecule has 1 aliphatic heterocycles. The number of piperidine rings is 1. The Balaban J connectivity index is 2.35. The number of carboxylic acids is 1.